The normalized spacial score (nSPS) is 26.4. The second kappa shape index (κ2) is 6.18. The molecule has 1 aromatic rings. The molecule has 0 unspecified atom stereocenters. The van der Waals surface area contributed by atoms with Gasteiger partial charge < -0.3 is 4.90 Å². The minimum Gasteiger partial charge on any atom is -0.336 e. The van der Waals surface area contributed by atoms with Gasteiger partial charge in [0.15, 0.2) is 0 Å². The number of carbonyl (C=O) groups excluding carboxylic acids is 1. The van der Waals surface area contributed by atoms with Crippen LogP contribution >= 0.6 is 23.2 Å². The molecule has 0 aromatic heterocycles. The van der Waals surface area contributed by atoms with Crippen molar-refractivity contribution in [3.8, 4) is 0 Å². The van der Waals surface area contributed by atoms with Crippen molar-refractivity contribution in [3.05, 3.63) is 35.9 Å². The lowest BCUT2D eigenvalue weighted by molar-refractivity contribution is -0.130. The average Bonchev–Trinajstić information content (AvgIpc) is 2.65. The number of hydrogen-bond acceptors (Lipinski definition) is 1. The Kier molecular flexibility index (Phi) is 4.89. The van der Waals surface area contributed by atoms with Crippen molar-refractivity contribution in [2.75, 3.05) is 6.54 Å². The van der Waals surface area contributed by atoms with Crippen LogP contribution in [0.25, 0.3) is 0 Å². The number of hydrogen-bond donors (Lipinski definition) is 0. The van der Waals surface area contributed by atoms with Crippen LogP contribution in [0, 0.1) is 5.92 Å². The topological polar surface area (TPSA) is 20.3 Å². The first-order valence-electron chi connectivity index (χ1n) is 7.50. The second-order valence-corrected chi connectivity index (χ2v) is 8.05. The summed E-state index contributed by atoms with van der Waals surface area (Å²) < 4.78 is 0. The molecule has 0 spiro atoms. The molecule has 0 saturated carbocycles. The summed E-state index contributed by atoms with van der Waals surface area (Å²) in [6, 6.07) is 10.0. The number of rotatable bonds is 5. The maximum Gasteiger partial charge on any atom is 0.244 e. The Morgan fingerprint density at radius 1 is 1.33 bits per heavy atom. The van der Waals surface area contributed by atoms with Crippen LogP contribution in [0.5, 0.6) is 0 Å². The fourth-order valence-electron chi connectivity index (χ4n) is 3.21. The molecule has 0 bridgehead atoms. The van der Waals surface area contributed by atoms with Crippen molar-refractivity contribution < 1.29 is 4.79 Å². The van der Waals surface area contributed by atoms with Gasteiger partial charge in [-0.1, -0.05) is 43.7 Å². The Balaban J connectivity index is 2.25. The third kappa shape index (κ3) is 3.37. The van der Waals surface area contributed by atoms with Crippen LogP contribution in [-0.4, -0.2) is 27.1 Å². The minimum atomic E-state index is -0.866. The standard InChI is InChI=1S/C17H23Cl2NO/c1-4-10-17(19)14(16(2,3)18)12-20(15(17)21)11-13-8-6-5-7-9-13/h5-9,14H,4,10-12H2,1-3H3/t14-,17-/m0/s1. The Morgan fingerprint density at radius 3 is 2.48 bits per heavy atom. The molecule has 4 heteroatoms. The smallest absolute Gasteiger partial charge is 0.244 e. The molecule has 1 heterocycles. The van der Waals surface area contributed by atoms with Gasteiger partial charge >= 0.3 is 0 Å². The van der Waals surface area contributed by atoms with E-state index in [2.05, 4.69) is 6.92 Å². The van der Waals surface area contributed by atoms with Gasteiger partial charge in [0, 0.05) is 23.9 Å². The lowest BCUT2D eigenvalue weighted by Gasteiger charge is -2.33. The molecule has 0 N–H and O–H groups in total. The van der Waals surface area contributed by atoms with Gasteiger partial charge in [0.05, 0.1) is 0 Å². The average molecular weight is 328 g/mol. The van der Waals surface area contributed by atoms with Gasteiger partial charge in [0.25, 0.3) is 0 Å². The van der Waals surface area contributed by atoms with Crippen molar-refractivity contribution in [1.29, 1.82) is 0 Å². The summed E-state index contributed by atoms with van der Waals surface area (Å²) in [5.41, 5.74) is 1.12. The fraction of sp³-hybridized carbons (Fsp3) is 0.588. The number of alkyl halides is 2. The van der Waals surface area contributed by atoms with E-state index in [9.17, 15) is 4.79 Å². The number of nitrogens with zero attached hydrogens (tertiary/aromatic N) is 1. The molecule has 1 aromatic carbocycles. The van der Waals surface area contributed by atoms with Gasteiger partial charge in [-0.3, -0.25) is 4.79 Å². The molecule has 1 aliphatic rings. The maximum absolute atomic E-state index is 12.8. The van der Waals surface area contributed by atoms with Gasteiger partial charge in [-0.05, 0) is 25.8 Å². The molecule has 1 amide bonds. The summed E-state index contributed by atoms with van der Waals surface area (Å²) in [5, 5.41) is 0. The van der Waals surface area contributed by atoms with Crippen LogP contribution < -0.4 is 0 Å². The summed E-state index contributed by atoms with van der Waals surface area (Å²) in [7, 11) is 0. The lowest BCUT2D eigenvalue weighted by Crippen LogP contribution is -2.44. The molecular weight excluding hydrogens is 305 g/mol. The van der Waals surface area contributed by atoms with Crippen molar-refractivity contribution in [2.24, 2.45) is 5.92 Å². The van der Waals surface area contributed by atoms with E-state index in [0.717, 1.165) is 12.0 Å². The summed E-state index contributed by atoms with van der Waals surface area (Å²) >= 11 is 13.3. The van der Waals surface area contributed by atoms with E-state index >= 15 is 0 Å². The van der Waals surface area contributed by atoms with E-state index in [0.29, 0.717) is 19.5 Å². The number of carbonyl (C=O) groups is 1. The Labute approximate surface area is 137 Å². The summed E-state index contributed by atoms with van der Waals surface area (Å²) in [6.07, 6.45) is 1.54. The minimum absolute atomic E-state index is 0.0218. The lowest BCUT2D eigenvalue weighted by atomic mass is 9.82. The monoisotopic (exact) mass is 327 g/mol. The van der Waals surface area contributed by atoms with E-state index in [1.54, 1.807) is 0 Å². The highest BCUT2D eigenvalue weighted by atomic mass is 35.5. The molecule has 0 aliphatic carbocycles. The molecule has 1 fully saturated rings. The molecule has 116 valence electrons. The van der Waals surface area contributed by atoms with Crippen LogP contribution in [0.3, 0.4) is 0 Å². The van der Waals surface area contributed by atoms with Crippen molar-refractivity contribution in [1.82, 2.24) is 4.90 Å². The zero-order valence-corrected chi connectivity index (χ0v) is 14.4. The van der Waals surface area contributed by atoms with E-state index in [4.69, 9.17) is 23.2 Å². The first-order valence-corrected chi connectivity index (χ1v) is 8.25. The number of amides is 1. The highest BCUT2D eigenvalue weighted by Gasteiger charge is 2.56. The zero-order chi connectivity index (χ0) is 15.7. The van der Waals surface area contributed by atoms with Crippen LogP contribution in [-0.2, 0) is 11.3 Å². The SMILES string of the molecule is CCC[C@@]1(Cl)C(=O)N(Cc2ccccc2)C[C@H]1C(C)(C)Cl. The number of likely N-dealkylation sites (tertiary alicyclic amines) is 1. The molecular formula is C17H23Cl2NO. The van der Waals surface area contributed by atoms with E-state index < -0.39 is 9.75 Å². The molecule has 2 nitrogen and oxygen atoms in total. The number of benzene rings is 1. The first-order chi connectivity index (χ1) is 9.79. The summed E-state index contributed by atoms with van der Waals surface area (Å²) in [6.45, 7) is 7.17. The van der Waals surface area contributed by atoms with Crippen molar-refractivity contribution in [3.63, 3.8) is 0 Å². The van der Waals surface area contributed by atoms with Gasteiger partial charge in [-0.2, -0.15) is 0 Å². The highest BCUT2D eigenvalue weighted by Crippen LogP contribution is 2.47. The molecule has 21 heavy (non-hydrogen) atoms. The van der Waals surface area contributed by atoms with Crippen LogP contribution in [0.15, 0.2) is 30.3 Å². The largest absolute Gasteiger partial charge is 0.336 e. The van der Waals surface area contributed by atoms with Crippen LogP contribution in [0.4, 0.5) is 0 Å². The van der Waals surface area contributed by atoms with E-state index in [1.807, 2.05) is 49.1 Å². The molecule has 1 saturated heterocycles. The Morgan fingerprint density at radius 2 is 1.95 bits per heavy atom. The highest BCUT2D eigenvalue weighted by molar-refractivity contribution is 6.37. The van der Waals surface area contributed by atoms with Gasteiger partial charge in [0.1, 0.15) is 4.87 Å². The second-order valence-electron chi connectivity index (χ2n) is 6.40. The number of halogens is 2. The van der Waals surface area contributed by atoms with Gasteiger partial charge in [-0.15, -0.1) is 23.2 Å². The molecule has 1 aliphatic heterocycles. The van der Waals surface area contributed by atoms with Gasteiger partial charge in [-0.25, -0.2) is 0 Å². The maximum atomic E-state index is 12.8. The third-order valence-electron chi connectivity index (χ3n) is 4.26. The third-order valence-corrected chi connectivity index (χ3v) is 5.13. The van der Waals surface area contributed by atoms with Gasteiger partial charge in [0.2, 0.25) is 5.91 Å². The summed E-state index contributed by atoms with van der Waals surface area (Å²) in [5.74, 6) is -0.0295. The van der Waals surface area contributed by atoms with Crippen molar-refractivity contribution in [2.45, 2.75) is 49.9 Å². The van der Waals surface area contributed by atoms with E-state index in [-0.39, 0.29) is 11.8 Å². The Hall–Kier alpha value is -0.730. The van der Waals surface area contributed by atoms with E-state index in [1.165, 1.54) is 0 Å². The zero-order valence-electron chi connectivity index (χ0n) is 12.9. The van der Waals surface area contributed by atoms with Crippen LogP contribution in [0.1, 0.15) is 39.2 Å². The summed E-state index contributed by atoms with van der Waals surface area (Å²) in [4.78, 5) is 13.3. The fourth-order valence-corrected chi connectivity index (χ4v) is 4.17. The first kappa shape index (κ1) is 16.6. The van der Waals surface area contributed by atoms with Crippen LogP contribution in [0.2, 0.25) is 0 Å². The Bertz CT molecular complexity index is 497. The predicted octanol–water partition coefficient (Wildman–Crippen LogP) is 4.44. The quantitative estimate of drug-likeness (QED) is 0.732. The predicted molar refractivity (Wildman–Crippen MR) is 88.8 cm³/mol. The molecule has 0 radical (unpaired) electrons. The van der Waals surface area contributed by atoms with Crippen molar-refractivity contribution >= 4 is 29.1 Å². The molecule has 2 rings (SSSR count). The molecule has 2 atom stereocenters.